The number of nitrogens with zero attached hydrogens (tertiary/aromatic N) is 4. The number of aromatic nitrogens is 3. The van der Waals surface area contributed by atoms with Gasteiger partial charge in [-0.2, -0.15) is 0 Å². The van der Waals surface area contributed by atoms with Gasteiger partial charge in [0.15, 0.2) is 0 Å². The molecule has 1 saturated heterocycles. The maximum absolute atomic E-state index is 14.4. The number of aromatic hydroxyl groups is 1. The quantitative estimate of drug-likeness (QED) is 0.260. The number of hydrogen-bond donors (Lipinski definition) is 1. The van der Waals surface area contributed by atoms with Gasteiger partial charge in [-0.05, 0) is 48.7 Å². The minimum Gasteiger partial charge on any atom is -0.508 e. The number of phenolic OH excluding ortho intramolecular Hbond substituents is 1. The molecule has 230 valence electrons. The molecule has 1 saturated carbocycles. The van der Waals surface area contributed by atoms with Crippen LogP contribution in [0.25, 0.3) is 0 Å². The highest BCUT2D eigenvalue weighted by Gasteiger charge is 2.65. The van der Waals surface area contributed by atoms with Crippen LogP contribution in [0.2, 0.25) is 5.02 Å². The molecule has 2 aliphatic heterocycles. The average Bonchev–Trinajstić information content (AvgIpc) is 3.37. The number of fused-ring (bicyclic) bond motifs is 4. The van der Waals surface area contributed by atoms with Gasteiger partial charge in [0.05, 0.1) is 34.6 Å². The summed E-state index contributed by atoms with van der Waals surface area (Å²) in [5.74, 6) is -3.36. The van der Waals surface area contributed by atoms with Crippen molar-refractivity contribution >= 4 is 29.1 Å². The molecule has 4 aromatic rings. The maximum atomic E-state index is 14.4. The molecule has 1 N–H and O–H groups in total. The zero-order chi connectivity index (χ0) is 31.8. The van der Waals surface area contributed by atoms with Crippen LogP contribution in [0.4, 0.5) is 10.1 Å². The Hall–Kier alpha value is -4.90. The van der Waals surface area contributed by atoms with Crippen LogP contribution in [0.3, 0.4) is 0 Å². The number of carbonyl (C=O) groups excluding carboxylic acids is 2. The minimum atomic E-state index is -1.41. The molecule has 7 rings (SSSR count). The number of benzene rings is 3. The van der Waals surface area contributed by atoms with Crippen LogP contribution in [-0.4, -0.2) is 30.9 Å². The summed E-state index contributed by atoms with van der Waals surface area (Å²) in [6.45, 7) is 2.02. The number of imide groups is 1. The number of hydrogen-bond acceptors (Lipinski definition) is 6. The summed E-state index contributed by atoms with van der Waals surface area (Å²) in [4.78, 5) is 55.8. The van der Waals surface area contributed by atoms with E-state index >= 15 is 0 Å². The van der Waals surface area contributed by atoms with E-state index in [0.717, 1.165) is 21.1 Å². The summed E-state index contributed by atoms with van der Waals surface area (Å²) in [6, 6.07) is 17.2. The minimum absolute atomic E-state index is 0.0528. The fourth-order valence-electron chi connectivity index (χ4n) is 7.20. The zero-order valence-electron chi connectivity index (χ0n) is 24.3. The third-order valence-electron chi connectivity index (χ3n) is 9.45. The van der Waals surface area contributed by atoms with Gasteiger partial charge in [-0.15, -0.1) is 0 Å². The SMILES string of the molecule is Cn1c(=O)n2n(c1=O)[C@@H]1C[C@H]3C(=O)N(c4ccc(F)c(Cl)c4)C(=O)[C@@]3(C)[C@@H](c3ccc(OCc4ccccc4)cc3O)C1=CC2. The van der Waals surface area contributed by atoms with E-state index < -0.39 is 52.3 Å². The van der Waals surface area contributed by atoms with E-state index in [2.05, 4.69) is 0 Å². The second-order valence-corrected chi connectivity index (χ2v) is 12.3. The molecule has 4 atom stereocenters. The standard InChI is InChI=1S/C33H28ClFN4O6/c1-33-23(29(41)38(30(33)42)19-8-11-25(35)24(34)14-19)16-26-21(12-13-37-31(43)36(2)32(44)39(26)37)28(33)22-10-9-20(15-27(22)40)45-17-18-6-4-3-5-7-18/h3-12,14-15,23,26,28,40H,13,16-17H2,1-2H3/t23-,26+,28+,33+/m0/s1. The molecule has 10 nitrogen and oxygen atoms in total. The van der Waals surface area contributed by atoms with Crippen LogP contribution in [0.5, 0.6) is 11.5 Å². The third-order valence-corrected chi connectivity index (χ3v) is 9.74. The van der Waals surface area contributed by atoms with Gasteiger partial charge in [0.25, 0.3) is 0 Å². The largest absolute Gasteiger partial charge is 0.508 e. The molecule has 0 unspecified atom stereocenters. The van der Waals surface area contributed by atoms with Crippen LogP contribution in [-0.2, 0) is 29.8 Å². The van der Waals surface area contributed by atoms with Crippen molar-refractivity contribution in [3.05, 3.63) is 121 Å². The second kappa shape index (κ2) is 10.3. The number of carbonyl (C=O) groups is 2. The molecule has 1 aliphatic carbocycles. The van der Waals surface area contributed by atoms with Crippen molar-refractivity contribution in [3.63, 3.8) is 0 Å². The molecule has 3 heterocycles. The van der Waals surface area contributed by atoms with Crippen LogP contribution in [0.15, 0.2) is 88.0 Å². The predicted octanol–water partition coefficient (Wildman–Crippen LogP) is 4.29. The zero-order valence-corrected chi connectivity index (χ0v) is 25.1. The van der Waals surface area contributed by atoms with Crippen molar-refractivity contribution in [1.29, 1.82) is 0 Å². The van der Waals surface area contributed by atoms with Crippen LogP contribution in [0.1, 0.15) is 36.4 Å². The van der Waals surface area contributed by atoms with Gasteiger partial charge in [-0.25, -0.2) is 32.8 Å². The Balaban J connectivity index is 1.36. The van der Waals surface area contributed by atoms with Crippen LogP contribution < -0.4 is 21.0 Å². The lowest BCUT2D eigenvalue weighted by atomic mass is 9.56. The Morgan fingerprint density at radius 2 is 1.78 bits per heavy atom. The lowest BCUT2D eigenvalue weighted by Gasteiger charge is -2.47. The molecule has 0 bridgehead atoms. The topological polar surface area (TPSA) is 116 Å². The Labute approximate surface area is 261 Å². The molecule has 2 amide bonds. The fourth-order valence-corrected chi connectivity index (χ4v) is 7.37. The van der Waals surface area contributed by atoms with Gasteiger partial charge in [0, 0.05) is 24.6 Å². The first-order chi connectivity index (χ1) is 21.5. The molecule has 3 aromatic carbocycles. The van der Waals surface area contributed by atoms with Gasteiger partial charge in [-0.3, -0.25) is 9.59 Å². The Bertz CT molecular complexity index is 2050. The Kier molecular flexibility index (Phi) is 6.63. The second-order valence-electron chi connectivity index (χ2n) is 11.8. The fraction of sp³-hybridized carbons (Fsp3) is 0.273. The lowest BCUT2D eigenvalue weighted by molar-refractivity contribution is -0.129. The summed E-state index contributed by atoms with van der Waals surface area (Å²) < 4.78 is 23.6. The number of anilines is 1. The Morgan fingerprint density at radius 1 is 1.02 bits per heavy atom. The van der Waals surface area contributed by atoms with Crippen molar-refractivity contribution in [2.45, 2.75) is 38.5 Å². The number of halogens is 2. The van der Waals surface area contributed by atoms with E-state index in [1.807, 2.05) is 30.3 Å². The first-order valence-electron chi connectivity index (χ1n) is 14.4. The van der Waals surface area contributed by atoms with E-state index in [4.69, 9.17) is 16.3 Å². The maximum Gasteiger partial charge on any atom is 0.347 e. The van der Waals surface area contributed by atoms with Crippen molar-refractivity contribution < 1.29 is 23.8 Å². The smallest absolute Gasteiger partial charge is 0.347 e. The summed E-state index contributed by atoms with van der Waals surface area (Å²) in [5, 5.41) is 11.2. The summed E-state index contributed by atoms with van der Waals surface area (Å²) in [6.07, 6.45) is 1.85. The van der Waals surface area contributed by atoms with Crippen molar-refractivity contribution in [2.75, 3.05) is 4.90 Å². The molecule has 1 aromatic heterocycles. The van der Waals surface area contributed by atoms with Gasteiger partial charge < -0.3 is 9.84 Å². The number of amides is 2. The molecule has 2 fully saturated rings. The van der Waals surface area contributed by atoms with E-state index in [0.29, 0.717) is 16.9 Å². The van der Waals surface area contributed by atoms with E-state index in [9.17, 15) is 28.7 Å². The summed E-state index contributed by atoms with van der Waals surface area (Å²) in [7, 11) is 1.39. The molecule has 12 heteroatoms. The lowest BCUT2D eigenvalue weighted by Crippen LogP contribution is -2.49. The van der Waals surface area contributed by atoms with Gasteiger partial charge in [0.1, 0.15) is 23.9 Å². The Morgan fingerprint density at radius 3 is 2.49 bits per heavy atom. The highest BCUT2D eigenvalue weighted by atomic mass is 35.5. The number of rotatable bonds is 5. The molecular formula is C33H28ClFN4O6. The van der Waals surface area contributed by atoms with Crippen molar-refractivity contribution in [3.8, 4) is 11.5 Å². The average molecular weight is 631 g/mol. The number of allylic oxidation sites excluding steroid dienone is 2. The first kappa shape index (κ1) is 28.8. The van der Waals surface area contributed by atoms with Gasteiger partial charge >= 0.3 is 11.4 Å². The first-order valence-corrected chi connectivity index (χ1v) is 14.8. The summed E-state index contributed by atoms with van der Waals surface area (Å²) >= 11 is 6.04. The number of ether oxygens (including phenoxy) is 1. The highest BCUT2D eigenvalue weighted by molar-refractivity contribution is 6.31. The molecule has 0 radical (unpaired) electrons. The molecule has 0 spiro atoms. The molecular weight excluding hydrogens is 603 g/mol. The third kappa shape index (κ3) is 4.21. The molecule has 3 aliphatic rings. The van der Waals surface area contributed by atoms with E-state index in [-0.39, 0.29) is 36.0 Å². The number of phenols is 1. The van der Waals surface area contributed by atoms with Gasteiger partial charge in [0.2, 0.25) is 11.8 Å². The molecule has 45 heavy (non-hydrogen) atoms. The normalized spacial score (nSPS) is 23.8. The van der Waals surface area contributed by atoms with E-state index in [1.165, 1.54) is 34.6 Å². The van der Waals surface area contributed by atoms with Crippen LogP contribution in [0, 0.1) is 17.2 Å². The van der Waals surface area contributed by atoms with Gasteiger partial charge in [-0.1, -0.05) is 54.1 Å². The monoisotopic (exact) mass is 630 g/mol. The van der Waals surface area contributed by atoms with Crippen molar-refractivity contribution in [2.24, 2.45) is 18.4 Å². The predicted molar refractivity (Wildman–Crippen MR) is 163 cm³/mol. The van der Waals surface area contributed by atoms with Crippen LogP contribution >= 0.6 is 11.6 Å². The van der Waals surface area contributed by atoms with Crippen molar-refractivity contribution in [1.82, 2.24) is 13.9 Å². The summed E-state index contributed by atoms with van der Waals surface area (Å²) in [5.41, 5.74) is -0.407. The highest BCUT2D eigenvalue weighted by Crippen LogP contribution is 2.62. The van der Waals surface area contributed by atoms with E-state index in [1.54, 1.807) is 25.1 Å².